The summed E-state index contributed by atoms with van der Waals surface area (Å²) in [5, 5.41) is 13.5. The molecule has 2 fully saturated rings. The summed E-state index contributed by atoms with van der Waals surface area (Å²) in [6, 6.07) is 5.20. The van der Waals surface area contributed by atoms with Crippen molar-refractivity contribution in [3.8, 4) is 0 Å². The molecule has 0 saturated carbocycles. The molecular formula is C22H23N3O9S. The summed E-state index contributed by atoms with van der Waals surface area (Å²) in [5.74, 6) is -1.44. The van der Waals surface area contributed by atoms with Crippen LogP contribution in [0.25, 0.3) is 0 Å². The standard InChI is InChI=1S/C22H23N3O9S/c1-12(26)23-7-8-35-16-9-15-17(22(2)11-33-21(29)34-22)19(27)24(15)18(16)20(28)32-10-13-3-5-14(6-4-13)25(30)31/h3-6,15,17H,7-11H2,1-2H3,(H,23,26). The molecule has 3 aliphatic rings. The number of hydrogen-bond acceptors (Lipinski definition) is 10. The number of esters is 1. The van der Waals surface area contributed by atoms with Gasteiger partial charge in [0.2, 0.25) is 11.8 Å². The van der Waals surface area contributed by atoms with E-state index in [2.05, 4.69) is 5.32 Å². The summed E-state index contributed by atoms with van der Waals surface area (Å²) in [7, 11) is 0. The number of cyclic esters (lactones) is 2. The van der Waals surface area contributed by atoms with Crippen molar-refractivity contribution in [1.29, 1.82) is 0 Å². The Morgan fingerprint density at radius 3 is 2.63 bits per heavy atom. The number of β-lactam (4-membered cyclic amide) rings is 1. The number of thioether (sulfide) groups is 1. The highest BCUT2D eigenvalue weighted by Gasteiger charge is 2.64. The fourth-order valence-electron chi connectivity index (χ4n) is 4.40. The molecule has 2 saturated heterocycles. The van der Waals surface area contributed by atoms with Gasteiger partial charge in [0.05, 0.1) is 11.0 Å². The highest BCUT2D eigenvalue weighted by molar-refractivity contribution is 8.03. The minimum atomic E-state index is -1.13. The number of fused-ring (bicyclic) bond motifs is 1. The molecule has 35 heavy (non-hydrogen) atoms. The highest BCUT2D eigenvalue weighted by Crippen LogP contribution is 2.51. The second kappa shape index (κ2) is 9.56. The first-order chi connectivity index (χ1) is 16.6. The van der Waals surface area contributed by atoms with Crippen molar-refractivity contribution < 1.29 is 38.3 Å². The van der Waals surface area contributed by atoms with Crippen LogP contribution in [0.5, 0.6) is 0 Å². The summed E-state index contributed by atoms with van der Waals surface area (Å²) in [6.45, 7) is 3.22. The van der Waals surface area contributed by atoms with E-state index < -0.39 is 34.6 Å². The van der Waals surface area contributed by atoms with Gasteiger partial charge >= 0.3 is 12.1 Å². The molecule has 3 heterocycles. The zero-order chi connectivity index (χ0) is 25.3. The maximum atomic E-state index is 13.1. The number of nitrogens with one attached hydrogen (secondary N) is 1. The van der Waals surface area contributed by atoms with Gasteiger partial charge in [-0.15, -0.1) is 11.8 Å². The summed E-state index contributed by atoms with van der Waals surface area (Å²) in [5.41, 5.74) is -0.532. The molecule has 13 heteroatoms. The third kappa shape index (κ3) is 4.81. The van der Waals surface area contributed by atoms with E-state index in [0.717, 1.165) is 0 Å². The van der Waals surface area contributed by atoms with Crippen LogP contribution in [0.2, 0.25) is 0 Å². The van der Waals surface area contributed by atoms with Crippen LogP contribution < -0.4 is 5.32 Å². The summed E-state index contributed by atoms with van der Waals surface area (Å²) in [6.07, 6.45) is -0.465. The number of non-ortho nitro benzene ring substituents is 1. The zero-order valence-corrected chi connectivity index (χ0v) is 19.8. The van der Waals surface area contributed by atoms with E-state index in [0.29, 0.717) is 29.2 Å². The van der Waals surface area contributed by atoms with Crippen LogP contribution in [0.1, 0.15) is 25.8 Å². The fraction of sp³-hybridized carbons (Fsp3) is 0.455. The predicted molar refractivity (Wildman–Crippen MR) is 121 cm³/mol. The molecule has 0 spiro atoms. The van der Waals surface area contributed by atoms with E-state index in [1.165, 1.54) is 47.9 Å². The number of hydrogen-bond donors (Lipinski definition) is 1. The Kier molecular flexibility index (Phi) is 6.70. The minimum Gasteiger partial charge on any atom is -0.456 e. The topological polar surface area (TPSA) is 154 Å². The number of nitrogens with zero attached hydrogens (tertiary/aromatic N) is 2. The van der Waals surface area contributed by atoms with Crippen LogP contribution in [0.3, 0.4) is 0 Å². The first kappa shape index (κ1) is 24.5. The molecule has 3 unspecified atom stereocenters. The van der Waals surface area contributed by atoms with Gasteiger partial charge in [-0.05, 0) is 24.6 Å². The number of amides is 2. The molecule has 0 bridgehead atoms. The molecule has 0 aromatic heterocycles. The zero-order valence-electron chi connectivity index (χ0n) is 19.0. The summed E-state index contributed by atoms with van der Waals surface area (Å²) < 4.78 is 15.6. The van der Waals surface area contributed by atoms with Crippen LogP contribution >= 0.6 is 11.8 Å². The lowest BCUT2D eigenvalue weighted by Gasteiger charge is -2.48. The first-order valence-electron chi connectivity index (χ1n) is 10.8. The van der Waals surface area contributed by atoms with Crippen LogP contribution in [-0.4, -0.2) is 64.3 Å². The van der Waals surface area contributed by atoms with Crippen molar-refractivity contribution in [3.63, 3.8) is 0 Å². The number of carbonyl (C=O) groups excluding carboxylic acids is 4. The maximum absolute atomic E-state index is 13.1. The van der Waals surface area contributed by atoms with Gasteiger partial charge < -0.3 is 24.4 Å². The van der Waals surface area contributed by atoms with E-state index in [4.69, 9.17) is 14.2 Å². The highest BCUT2D eigenvalue weighted by atomic mass is 32.2. The molecule has 1 aromatic rings. The molecule has 0 aliphatic carbocycles. The van der Waals surface area contributed by atoms with Crippen LogP contribution in [0.15, 0.2) is 34.9 Å². The van der Waals surface area contributed by atoms with Crippen molar-refractivity contribution in [2.24, 2.45) is 5.92 Å². The molecule has 4 rings (SSSR count). The number of nitro benzene ring substituents is 1. The molecule has 3 atom stereocenters. The Bertz CT molecular complexity index is 1120. The molecular weight excluding hydrogens is 482 g/mol. The van der Waals surface area contributed by atoms with E-state index >= 15 is 0 Å². The van der Waals surface area contributed by atoms with Gasteiger partial charge in [-0.2, -0.15) is 0 Å². The Morgan fingerprint density at radius 1 is 1.31 bits per heavy atom. The largest absolute Gasteiger partial charge is 0.509 e. The lowest BCUT2D eigenvalue weighted by molar-refractivity contribution is -0.384. The van der Waals surface area contributed by atoms with Crippen LogP contribution in [0.4, 0.5) is 10.5 Å². The molecule has 0 radical (unpaired) electrons. The van der Waals surface area contributed by atoms with Crippen LogP contribution in [-0.2, 0) is 35.2 Å². The predicted octanol–water partition coefficient (Wildman–Crippen LogP) is 1.88. The van der Waals surface area contributed by atoms with Gasteiger partial charge in [0.1, 0.15) is 24.8 Å². The quantitative estimate of drug-likeness (QED) is 0.173. The number of carbonyl (C=O) groups is 4. The Labute approximate surface area is 204 Å². The van der Waals surface area contributed by atoms with E-state index in [1.807, 2.05) is 0 Å². The molecule has 3 aliphatic heterocycles. The van der Waals surface area contributed by atoms with E-state index in [1.54, 1.807) is 6.92 Å². The van der Waals surface area contributed by atoms with Crippen molar-refractivity contribution in [2.75, 3.05) is 18.9 Å². The van der Waals surface area contributed by atoms with Gasteiger partial charge in [-0.1, -0.05) is 0 Å². The molecule has 2 amide bonds. The van der Waals surface area contributed by atoms with Crippen molar-refractivity contribution in [2.45, 2.75) is 38.5 Å². The Hall–Kier alpha value is -3.61. The first-order valence-corrected chi connectivity index (χ1v) is 11.8. The number of benzene rings is 1. The van der Waals surface area contributed by atoms with Crippen LogP contribution in [0, 0.1) is 16.0 Å². The van der Waals surface area contributed by atoms with Gasteiger partial charge in [-0.25, -0.2) is 9.59 Å². The average molecular weight is 506 g/mol. The van der Waals surface area contributed by atoms with Crippen molar-refractivity contribution in [1.82, 2.24) is 10.2 Å². The van der Waals surface area contributed by atoms with E-state index in [9.17, 15) is 29.3 Å². The van der Waals surface area contributed by atoms with E-state index in [-0.39, 0.29) is 36.4 Å². The summed E-state index contributed by atoms with van der Waals surface area (Å²) in [4.78, 5) is 61.1. The van der Waals surface area contributed by atoms with Gasteiger partial charge in [0.25, 0.3) is 5.69 Å². The van der Waals surface area contributed by atoms with Gasteiger partial charge in [0.15, 0.2) is 5.60 Å². The third-order valence-corrected chi connectivity index (χ3v) is 7.15. The maximum Gasteiger partial charge on any atom is 0.509 e. The lowest BCUT2D eigenvalue weighted by atomic mass is 9.75. The summed E-state index contributed by atoms with van der Waals surface area (Å²) >= 11 is 1.34. The number of nitro groups is 1. The smallest absolute Gasteiger partial charge is 0.456 e. The second-order valence-corrected chi connectivity index (χ2v) is 9.70. The normalized spacial score (nSPS) is 24.9. The SMILES string of the molecule is CC(=O)NCCSC1=C(C(=O)OCc2ccc([N+](=O)[O-])cc2)N2C(=O)C(C3(C)COC(=O)O3)C2C1. The minimum absolute atomic E-state index is 0.0580. The molecule has 1 aromatic carbocycles. The lowest BCUT2D eigenvalue weighted by Crippen LogP contribution is -2.66. The Balaban J connectivity index is 1.48. The second-order valence-electron chi connectivity index (χ2n) is 8.51. The Morgan fingerprint density at radius 2 is 2.03 bits per heavy atom. The van der Waals surface area contributed by atoms with Gasteiger partial charge in [-0.3, -0.25) is 19.7 Å². The number of ether oxygens (including phenoxy) is 3. The fourth-order valence-corrected chi connectivity index (χ4v) is 5.45. The monoisotopic (exact) mass is 505 g/mol. The molecule has 186 valence electrons. The van der Waals surface area contributed by atoms with Crippen molar-refractivity contribution >= 4 is 41.4 Å². The number of rotatable bonds is 9. The average Bonchev–Trinajstić information content (AvgIpc) is 3.31. The van der Waals surface area contributed by atoms with Gasteiger partial charge in [0, 0.05) is 42.7 Å². The molecule has 1 N–H and O–H groups in total. The van der Waals surface area contributed by atoms with Crippen molar-refractivity contribution in [3.05, 3.63) is 50.5 Å². The third-order valence-electron chi connectivity index (χ3n) is 6.03. The molecule has 12 nitrogen and oxygen atoms in total.